The number of rotatable bonds is 4. The summed E-state index contributed by atoms with van der Waals surface area (Å²) in [6.07, 6.45) is 2.74. The average Bonchev–Trinajstić information content (AvgIpc) is 3.01. The SMILES string of the molecule is CCC(Nc1nnc(Cl)c2ccccc12)c1nccs1. The Morgan fingerprint density at radius 3 is 2.75 bits per heavy atom. The Morgan fingerprint density at radius 2 is 2.05 bits per heavy atom. The summed E-state index contributed by atoms with van der Waals surface area (Å²) in [6.45, 7) is 2.12. The van der Waals surface area contributed by atoms with Gasteiger partial charge in [-0.3, -0.25) is 0 Å². The van der Waals surface area contributed by atoms with Crippen LogP contribution in [0.3, 0.4) is 0 Å². The number of halogens is 1. The molecule has 2 aromatic heterocycles. The van der Waals surface area contributed by atoms with Crippen LogP contribution in [0.4, 0.5) is 5.82 Å². The summed E-state index contributed by atoms with van der Waals surface area (Å²) in [7, 11) is 0. The van der Waals surface area contributed by atoms with Gasteiger partial charge in [-0.05, 0) is 6.42 Å². The van der Waals surface area contributed by atoms with Crippen molar-refractivity contribution in [3.8, 4) is 0 Å². The molecule has 3 rings (SSSR count). The van der Waals surface area contributed by atoms with Crippen LogP contribution in [0.15, 0.2) is 35.8 Å². The van der Waals surface area contributed by atoms with E-state index in [4.69, 9.17) is 11.6 Å². The van der Waals surface area contributed by atoms with E-state index in [1.54, 1.807) is 11.3 Å². The first-order valence-corrected chi connectivity index (χ1v) is 7.62. The van der Waals surface area contributed by atoms with E-state index in [1.165, 1.54) is 0 Å². The van der Waals surface area contributed by atoms with E-state index >= 15 is 0 Å². The lowest BCUT2D eigenvalue weighted by Crippen LogP contribution is -2.11. The minimum Gasteiger partial charge on any atom is -0.359 e. The summed E-state index contributed by atoms with van der Waals surface area (Å²) < 4.78 is 0. The monoisotopic (exact) mass is 304 g/mol. The Morgan fingerprint density at radius 1 is 1.25 bits per heavy atom. The van der Waals surface area contributed by atoms with Crippen LogP contribution in [-0.4, -0.2) is 15.2 Å². The maximum absolute atomic E-state index is 6.09. The number of benzene rings is 1. The molecule has 4 nitrogen and oxygen atoms in total. The van der Waals surface area contributed by atoms with Crippen LogP contribution in [0.1, 0.15) is 24.4 Å². The van der Waals surface area contributed by atoms with Crippen LogP contribution in [0, 0.1) is 0 Å². The van der Waals surface area contributed by atoms with Crippen LogP contribution in [0.25, 0.3) is 10.8 Å². The average molecular weight is 305 g/mol. The first-order chi connectivity index (χ1) is 9.79. The number of hydrogen-bond acceptors (Lipinski definition) is 5. The van der Waals surface area contributed by atoms with Crippen LogP contribution >= 0.6 is 22.9 Å². The number of anilines is 1. The van der Waals surface area contributed by atoms with Crippen molar-refractivity contribution in [3.05, 3.63) is 46.0 Å². The molecule has 0 saturated heterocycles. The Labute approximate surface area is 125 Å². The minimum atomic E-state index is 0.133. The molecule has 0 aliphatic rings. The van der Waals surface area contributed by atoms with Crippen molar-refractivity contribution in [1.29, 1.82) is 0 Å². The van der Waals surface area contributed by atoms with E-state index in [9.17, 15) is 0 Å². The molecule has 20 heavy (non-hydrogen) atoms. The highest BCUT2D eigenvalue weighted by molar-refractivity contribution is 7.09. The largest absolute Gasteiger partial charge is 0.359 e. The molecule has 0 aliphatic carbocycles. The lowest BCUT2D eigenvalue weighted by molar-refractivity contribution is 0.735. The maximum Gasteiger partial charge on any atom is 0.159 e. The highest BCUT2D eigenvalue weighted by Crippen LogP contribution is 2.29. The standard InChI is InChI=1S/C14H13ClN4S/c1-2-11(14-16-7-8-20-14)17-13-10-6-4-3-5-9(10)12(15)18-19-13/h3-8,11H,2H2,1H3,(H,17,19). The minimum absolute atomic E-state index is 0.133. The van der Waals surface area contributed by atoms with Crippen LogP contribution in [0.5, 0.6) is 0 Å². The molecule has 6 heteroatoms. The Kier molecular flexibility index (Phi) is 3.80. The fourth-order valence-corrected chi connectivity index (χ4v) is 3.06. The predicted molar refractivity (Wildman–Crippen MR) is 83.3 cm³/mol. The molecule has 1 aromatic carbocycles. The summed E-state index contributed by atoms with van der Waals surface area (Å²) in [5, 5.41) is 16.9. The van der Waals surface area contributed by atoms with Gasteiger partial charge < -0.3 is 5.32 Å². The smallest absolute Gasteiger partial charge is 0.159 e. The third kappa shape index (κ3) is 2.46. The van der Waals surface area contributed by atoms with E-state index < -0.39 is 0 Å². The van der Waals surface area contributed by atoms with Crippen molar-refractivity contribution >= 4 is 39.5 Å². The molecule has 0 saturated carbocycles. The molecule has 0 amide bonds. The molecule has 0 fully saturated rings. The van der Waals surface area contributed by atoms with Gasteiger partial charge in [0, 0.05) is 22.3 Å². The third-order valence-corrected chi connectivity index (χ3v) is 4.28. The molecule has 2 heterocycles. The Hall–Kier alpha value is -1.72. The second kappa shape index (κ2) is 5.73. The molecule has 1 atom stereocenters. The summed E-state index contributed by atoms with van der Waals surface area (Å²) >= 11 is 7.72. The lowest BCUT2D eigenvalue weighted by Gasteiger charge is -2.16. The van der Waals surface area contributed by atoms with Gasteiger partial charge in [0.05, 0.1) is 6.04 Å². The van der Waals surface area contributed by atoms with Gasteiger partial charge in [-0.25, -0.2) is 4.98 Å². The predicted octanol–water partition coefficient (Wildman–Crippen LogP) is 4.30. The topological polar surface area (TPSA) is 50.7 Å². The van der Waals surface area contributed by atoms with Crippen LogP contribution < -0.4 is 5.32 Å². The first kappa shape index (κ1) is 13.3. The van der Waals surface area contributed by atoms with Gasteiger partial charge in [0.1, 0.15) is 5.01 Å². The highest BCUT2D eigenvalue weighted by Gasteiger charge is 2.15. The first-order valence-electron chi connectivity index (χ1n) is 6.36. The normalized spacial score (nSPS) is 12.5. The second-order valence-corrected chi connectivity index (χ2v) is 5.64. The number of fused-ring (bicyclic) bond motifs is 1. The van der Waals surface area contributed by atoms with Gasteiger partial charge in [0.15, 0.2) is 11.0 Å². The molecule has 0 spiro atoms. The van der Waals surface area contributed by atoms with Gasteiger partial charge in [-0.2, -0.15) is 0 Å². The van der Waals surface area contributed by atoms with Crippen molar-refractivity contribution < 1.29 is 0 Å². The zero-order valence-corrected chi connectivity index (χ0v) is 12.4. The molecule has 0 bridgehead atoms. The van der Waals surface area contributed by atoms with Gasteiger partial charge in [0.2, 0.25) is 0 Å². The molecular weight excluding hydrogens is 292 g/mol. The Bertz CT molecular complexity index is 714. The maximum atomic E-state index is 6.09. The van der Waals surface area contributed by atoms with Crippen molar-refractivity contribution in [3.63, 3.8) is 0 Å². The summed E-state index contributed by atoms with van der Waals surface area (Å²) in [6, 6.07) is 7.98. The third-order valence-electron chi connectivity index (χ3n) is 3.11. The zero-order chi connectivity index (χ0) is 13.9. The number of aromatic nitrogens is 3. The van der Waals surface area contributed by atoms with Gasteiger partial charge in [-0.15, -0.1) is 21.5 Å². The van der Waals surface area contributed by atoms with E-state index in [0.717, 1.165) is 28.0 Å². The quantitative estimate of drug-likeness (QED) is 0.780. The second-order valence-electron chi connectivity index (χ2n) is 4.36. The summed E-state index contributed by atoms with van der Waals surface area (Å²) in [5.74, 6) is 0.743. The molecule has 3 aromatic rings. The fourth-order valence-electron chi connectivity index (χ4n) is 2.09. The Balaban J connectivity index is 2.00. The van der Waals surface area contributed by atoms with Crippen molar-refractivity contribution in [1.82, 2.24) is 15.2 Å². The zero-order valence-electron chi connectivity index (χ0n) is 10.9. The van der Waals surface area contributed by atoms with Crippen molar-refractivity contribution in [2.75, 3.05) is 5.32 Å². The number of nitrogens with zero attached hydrogens (tertiary/aromatic N) is 3. The number of hydrogen-bond donors (Lipinski definition) is 1. The van der Waals surface area contributed by atoms with Gasteiger partial charge >= 0.3 is 0 Å². The molecule has 1 N–H and O–H groups in total. The van der Waals surface area contributed by atoms with E-state index in [-0.39, 0.29) is 6.04 Å². The van der Waals surface area contributed by atoms with E-state index in [0.29, 0.717) is 5.15 Å². The van der Waals surface area contributed by atoms with Crippen LogP contribution in [0.2, 0.25) is 5.15 Å². The fraction of sp³-hybridized carbons (Fsp3) is 0.214. The molecule has 1 unspecified atom stereocenters. The molecule has 0 aliphatic heterocycles. The molecule has 0 radical (unpaired) electrons. The highest BCUT2D eigenvalue weighted by atomic mass is 35.5. The van der Waals surface area contributed by atoms with E-state index in [1.807, 2.05) is 35.8 Å². The van der Waals surface area contributed by atoms with Gasteiger partial charge in [-0.1, -0.05) is 42.8 Å². The van der Waals surface area contributed by atoms with Crippen molar-refractivity contribution in [2.24, 2.45) is 0 Å². The summed E-state index contributed by atoms with van der Waals surface area (Å²) in [4.78, 5) is 4.36. The summed E-state index contributed by atoms with van der Waals surface area (Å²) in [5.41, 5.74) is 0. The van der Waals surface area contributed by atoms with E-state index in [2.05, 4.69) is 27.4 Å². The number of thiazole rings is 1. The molecular formula is C14H13ClN4S. The molecule has 102 valence electrons. The van der Waals surface area contributed by atoms with Gasteiger partial charge in [0.25, 0.3) is 0 Å². The lowest BCUT2D eigenvalue weighted by atomic mass is 10.1. The van der Waals surface area contributed by atoms with Crippen molar-refractivity contribution in [2.45, 2.75) is 19.4 Å². The van der Waals surface area contributed by atoms with Crippen LogP contribution in [-0.2, 0) is 0 Å². The number of nitrogens with one attached hydrogen (secondary N) is 1.